The lowest BCUT2D eigenvalue weighted by atomic mass is 10.1. The number of nitrogens with one attached hydrogen (secondary N) is 1. The standard InChI is InChI=1S/C23H17ClN6O4/c1-34-22(32)16-4-2-3-5-17(16)25-20(31)13-30-23(33)28-10-11-29-19(21(28)27-30)12-18(26-29)14-6-8-15(24)9-7-14/h2-12H,13H2,1H3,(H,25,31). The maximum atomic E-state index is 12.9. The highest BCUT2D eigenvalue weighted by molar-refractivity contribution is 6.30. The predicted octanol–water partition coefficient (Wildman–Crippen LogP) is 2.89. The Morgan fingerprint density at radius 3 is 2.59 bits per heavy atom. The van der Waals surface area contributed by atoms with E-state index >= 15 is 0 Å². The average molecular weight is 477 g/mol. The van der Waals surface area contributed by atoms with Crippen LogP contribution in [0.3, 0.4) is 0 Å². The third-order valence-electron chi connectivity index (χ3n) is 5.23. The highest BCUT2D eigenvalue weighted by Gasteiger charge is 2.17. The fourth-order valence-corrected chi connectivity index (χ4v) is 3.73. The van der Waals surface area contributed by atoms with Crippen molar-refractivity contribution in [2.45, 2.75) is 6.54 Å². The molecule has 0 aliphatic heterocycles. The molecule has 0 spiro atoms. The van der Waals surface area contributed by atoms with Crippen LogP contribution in [0.25, 0.3) is 22.4 Å². The number of hydrogen-bond donors (Lipinski definition) is 1. The zero-order chi connectivity index (χ0) is 23.8. The summed E-state index contributed by atoms with van der Waals surface area (Å²) in [5.41, 5.74) is 2.49. The number of ether oxygens (including phenoxy) is 1. The summed E-state index contributed by atoms with van der Waals surface area (Å²) >= 11 is 5.97. The minimum Gasteiger partial charge on any atom is -0.465 e. The van der Waals surface area contributed by atoms with Gasteiger partial charge in [-0.25, -0.2) is 23.2 Å². The van der Waals surface area contributed by atoms with Crippen LogP contribution in [0.15, 0.2) is 71.8 Å². The Labute approximate surface area is 196 Å². The van der Waals surface area contributed by atoms with Gasteiger partial charge in [-0.1, -0.05) is 35.9 Å². The van der Waals surface area contributed by atoms with E-state index in [0.717, 1.165) is 10.2 Å². The molecule has 0 saturated heterocycles. The molecule has 0 aliphatic carbocycles. The van der Waals surface area contributed by atoms with Gasteiger partial charge in [0.2, 0.25) is 5.91 Å². The van der Waals surface area contributed by atoms with E-state index in [4.69, 9.17) is 16.3 Å². The fraction of sp³-hybridized carbons (Fsp3) is 0.0870. The lowest BCUT2D eigenvalue weighted by Gasteiger charge is -2.09. The summed E-state index contributed by atoms with van der Waals surface area (Å²) < 4.78 is 8.76. The maximum Gasteiger partial charge on any atom is 0.350 e. The smallest absolute Gasteiger partial charge is 0.350 e. The van der Waals surface area contributed by atoms with Crippen molar-refractivity contribution in [3.8, 4) is 11.3 Å². The van der Waals surface area contributed by atoms with E-state index in [2.05, 4.69) is 15.5 Å². The summed E-state index contributed by atoms with van der Waals surface area (Å²) in [5.74, 6) is -1.10. The van der Waals surface area contributed by atoms with Gasteiger partial charge in [0.25, 0.3) is 0 Å². The largest absolute Gasteiger partial charge is 0.465 e. The Bertz CT molecular complexity index is 1620. The van der Waals surface area contributed by atoms with Crippen LogP contribution in [0, 0.1) is 0 Å². The molecule has 0 fully saturated rings. The molecule has 0 unspecified atom stereocenters. The van der Waals surface area contributed by atoms with E-state index in [0.29, 0.717) is 21.9 Å². The molecule has 3 heterocycles. The number of methoxy groups -OCH3 is 1. The molecular formula is C23H17ClN6O4. The van der Waals surface area contributed by atoms with Crippen LogP contribution in [0.4, 0.5) is 5.69 Å². The molecule has 10 nitrogen and oxygen atoms in total. The zero-order valence-electron chi connectivity index (χ0n) is 17.8. The van der Waals surface area contributed by atoms with Gasteiger partial charge in [-0.2, -0.15) is 5.10 Å². The van der Waals surface area contributed by atoms with Crippen molar-refractivity contribution in [3.63, 3.8) is 0 Å². The quantitative estimate of drug-likeness (QED) is 0.390. The van der Waals surface area contributed by atoms with Crippen LogP contribution in [0.2, 0.25) is 5.02 Å². The predicted molar refractivity (Wildman–Crippen MR) is 125 cm³/mol. The summed E-state index contributed by atoms with van der Waals surface area (Å²) in [4.78, 5) is 37.4. The highest BCUT2D eigenvalue weighted by Crippen LogP contribution is 2.23. The first-order valence-corrected chi connectivity index (χ1v) is 10.5. The summed E-state index contributed by atoms with van der Waals surface area (Å²) in [5, 5.41) is 12.1. The lowest BCUT2D eigenvalue weighted by Crippen LogP contribution is -2.28. The summed E-state index contributed by atoms with van der Waals surface area (Å²) in [6, 6.07) is 15.5. The van der Waals surface area contributed by atoms with Gasteiger partial charge in [-0.3, -0.25) is 4.79 Å². The molecule has 0 atom stereocenters. The van der Waals surface area contributed by atoms with Crippen molar-refractivity contribution in [1.82, 2.24) is 23.8 Å². The van der Waals surface area contributed by atoms with Crippen molar-refractivity contribution < 1.29 is 14.3 Å². The monoisotopic (exact) mass is 476 g/mol. The second-order valence-electron chi connectivity index (χ2n) is 7.38. The Morgan fingerprint density at radius 2 is 1.82 bits per heavy atom. The van der Waals surface area contributed by atoms with Crippen molar-refractivity contribution in [2.75, 3.05) is 12.4 Å². The number of aromatic nitrogens is 5. The number of nitrogens with zero attached hydrogens (tertiary/aromatic N) is 5. The molecule has 5 rings (SSSR count). The van der Waals surface area contributed by atoms with Gasteiger partial charge in [-0.15, -0.1) is 5.10 Å². The van der Waals surface area contributed by atoms with Gasteiger partial charge < -0.3 is 10.1 Å². The fourth-order valence-electron chi connectivity index (χ4n) is 3.60. The van der Waals surface area contributed by atoms with Crippen molar-refractivity contribution >= 4 is 40.3 Å². The molecule has 1 amide bonds. The highest BCUT2D eigenvalue weighted by atomic mass is 35.5. The Kier molecular flexibility index (Phi) is 5.34. The SMILES string of the molecule is COC(=O)c1ccccc1NC(=O)Cn1nc2c3cc(-c4ccc(Cl)cc4)nn3ccn2c1=O. The Balaban J connectivity index is 1.47. The normalized spacial score (nSPS) is 11.1. The molecule has 0 aliphatic rings. The topological polar surface area (TPSA) is 112 Å². The minimum absolute atomic E-state index is 0.205. The van der Waals surface area contributed by atoms with Crippen LogP contribution in [-0.2, 0) is 16.1 Å². The number of para-hydroxylation sites is 1. The van der Waals surface area contributed by atoms with Gasteiger partial charge in [0.15, 0.2) is 5.65 Å². The number of amides is 1. The third kappa shape index (κ3) is 3.80. The Hall–Kier alpha value is -4.44. The first-order valence-electron chi connectivity index (χ1n) is 10.2. The summed E-state index contributed by atoms with van der Waals surface area (Å²) in [6.45, 7) is -0.347. The first-order chi connectivity index (χ1) is 16.4. The minimum atomic E-state index is -0.583. The second-order valence-corrected chi connectivity index (χ2v) is 7.82. The number of hydrogen-bond acceptors (Lipinski definition) is 6. The maximum absolute atomic E-state index is 12.9. The van der Waals surface area contributed by atoms with Crippen LogP contribution < -0.4 is 11.0 Å². The number of benzene rings is 2. The van der Waals surface area contributed by atoms with Crippen LogP contribution >= 0.6 is 11.6 Å². The molecule has 2 aromatic carbocycles. The molecule has 1 N–H and O–H groups in total. The molecular weight excluding hydrogens is 460 g/mol. The van der Waals surface area contributed by atoms with Gasteiger partial charge in [0.05, 0.1) is 24.1 Å². The molecule has 0 saturated carbocycles. The number of halogens is 1. The number of carbonyl (C=O) groups excluding carboxylic acids is 2. The number of esters is 1. The van der Waals surface area contributed by atoms with Crippen molar-refractivity contribution in [2.24, 2.45) is 0 Å². The molecule has 11 heteroatoms. The van der Waals surface area contributed by atoms with E-state index in [1.807, 2.05) is 18.2 Å². The molecule has 3 aromatic heterocycles. The molecule has 0 bridgehead atoms. The number of rotatable bonds is 5. The lowest BCUT2D eigenvalue weighted by molar-refractivity contribution is -0.117. The number of anilines is 1. The van der Waals surface area contributed by atoms with Crippen LogP contribution in [0.5, 0.6) is 0 Å². The summed E-state index contributed by atoms with van der Waals surface area (Å²) in [6.07, 6.45) is 3.18. The van der Waals surface area contributed by atoms with Gasteiger partial charge in [0.1, 0.15) is 12.1 Å². The molecule has 5 aromatic rings. The van der Waals surface area contributed by atoms with E-state index in [1.54, 1.807) is 41.0 Å². The summed E-state index contributed by atoms with van der Waals surface area (Å²) in [7, 11) is 1.26. The van der Waals surface area contributed by atoms with E-state index in [-0.39, 0.29) is 17.8 Å². The zero-order valence-corrected chi connectivity index (χ0v) is 18.6. The second kappa shape index (κ2) is 8.49. The Morgan fingerprint density at radius 1 is 1.06 bits per heavy atom. The molecule has 0 radical (unpaired) electrons. The van der Waals surface area contributed by atoms with E-state index in [1.165, 1.54) is 23.8 Å². The molecule has 170 valence electrons. The first kappa shape index (κ1) is 21.4. The number of fused-ring (bicyclic) bond motifs is 3. The van der Waals surface area contributed by atoms with Gasteiger partial charge >= 0.3 is 11.7 Å². The van der Waals surface area contributed by atoms with Gasteiger partial charge in [0, 0.05) is 23.0 Å². The third-order valence-corrected chi connectivity index (χ3v) is 5.48. The van der Waals surface area contributed by atoms with E-state index < -0.39 is 17.6 Å². The van der Waals surface area contributed by atoms with Crippen LogP contribution in [-0.4, -0.2) is 42.8 Å². The van der Waals surface area contributed by atoms with Crippen molar-refractivity contribution in [3.05, 3.63) is 88.1 Å². The van der Waals surface area contributed by atoms with Crippen molar-refractivity contribution in [1.29, 1.82) is 0 Å². The molecule has 34 heavy (non-hydrogen) atoms. The van der Waals surface area contributed by atoms with Gasteiger partial charge in [-0.05, 0) is 30.3 Å². The average Bonchev–Trinajstić information content (AvgIpc) is 3.41. The van der Waals surface area contributed by atoms with E-state index in [9.17, 15) is 14.4 Å². The number of carbonyl (C=O) groups is 2. The van der Waals surface area contributed by atoms with Crippen LogP contribution in [0.1, 0.15) is 10.4 Å².